The summed E-state index contributed by atoms with van der Waals surface area (Å²) in [4.78, 5) is 29.6. The highest BCUT2D eigenvalue weighted by Gasteiger charge is 2.38. The zero-order chi connectivity index (χ0) is 27.4. The quantitative estimate of drug-likeness (QED) is 0.442. The van der Waals surface area contributed by atoms with E-state index in [1.54, 1.807) is 0 Å². The van der Waals surface area contributed by atoms with E-state index in [0.29, 0.717) is 55.3 Å². The van der Waals surface area contributed by atoms with Crippen LogP contribution >= 0.6 is 0 Å². The third-order valence-electron chi connectivity index (χ3n) is 8.31. The minimum Gasteiger partial charge on any atom is -0.469 e. The van der Waals surface area contributed by atoms with E-state index in [4.69, 9.17) is 19.4 Å². The highest BCUT2D eigenvalue weighted by atomic mass is 16.6. The number of likely N-dealkylation sites (tertiary alicyclic amines) is 2. The fourth-order valence-corrected chi connectivity index (χ4v) is 6.03. The molecule has 3 atom stereocenters. The molecule has 3 fully saturated rings. The van der Waals surface area contributed by atoms with E-state index in [0.717, 1.165) is 63.7 Å². The van der Waals surface area contributed by atoms with E-state index in [-0.39, 0.29) is 18.1 Å². The third-order valence-corrected chi connectivity index (χ3v) is 8.31. The van der Waals surface area contributed by atoms with Gasteiger partial charge in [0.25, 0.3) is 0 Å². The van der Waals surface area contributed by atoms with E-state index in [1.807, 2.05) is 19.1 Å². The van der Waals surface area contributed by atoms with E-state index in [2.05, 4.69) is 51.1 Å². The number of piperidine rings is 1. The number of anilines is 3. The number of hydrogen-bond donors (Lipinski definition) is 2. The Balaban J connectivity index is 1.35. The van der Waals surface area contributed by atoms with Crippen molar-refractivity contribution in [1.29, 1.82) is 0 Å². The molecule has 2 aromatic heterocycles. The summed E-state index contributed by atoms with van der Waals surface area (Å²) in [5, 5.41) is 10.6. The molecule has 0 saturated carbocycles. The zero-order valence-corrected chi connectivity index (χ0v) is 23.9. The predicted octanol–water partition coefficient (Wildman–Crippen LogP) is 3.50. The molecule has 3 aliphatic heterocycles. The van der Waals surface area contributed by atoms with Gasteiger partial charge in [0.15, 0.2) is 5.82 Å². The Bertz CT molecular complexity index is 1100. The maximum atomic E-state index is 13.1. The summed E-state index contributed by atoms with van der Waals surface area (Å²) < 4.78 is 11.4. The molecule has 214 valence electrons. The first-order valence-corrected chi connectivity index (χ1v) is 14.6. The lowest BCUT2D eigenvalue weighted by Crippen LogP contribution is -2.56. The van der Waals surface area contributed by atoms with Gasteiger partial charge in [-0.1, -0.05) is 20.3 Å². The number of nitrogens with one attached hydrogen (secondary N) is 2. The SMILES string of the molecule is CCC[C@H]1C[C@H](N(C)c2nc(Nc3cc(C)[nH]n3)cc(OC3COC3)n2)C[C@@H](CC)N1CC(=O)N1CCCC1. The summed E-state index contributed by atoms with van der Waals surface area (Å²) >= 11 is 0. The van der Waals surface area contributed by atoms with E-state index in [9.17, 15) is 4.79 Å². The van der Waals surface area contributed by atoms with Gasteiger partial charge in [-0.05, 0) is 45.4 Å². The van der Waals surface area contributed by atoms with Crippen LogP contribution in [0.5, 0.6) is 5.88 Å². The first-order valence-electron chi connectivity index (χ1n) is 14.6. The Morgan fingerprint density at radius 1 is 1.15 bits per heavy atom. The average Bonchev–Trinajstić information content (AvgIpc) is 3.59. The van der Waals surface area contributed by atoms with Gasteiger partial charge in [0.2, 0.25) is 17.7 Å². The minimum atomic E-state index is 0.00771. The molecular formula is C28H44N8O3. The van der Waals surface area contributed by atoms with Crippen molar-refractivity contribution in [1.82, 2.24) is 30.0 Å². The number of carbonyl (C=O) groups is 1. The van der Waals surface area contributed by atoms with Crippen molar-refractivity contribution in [2.45, 2.75) is 89.9 Å². The van der Waals surface area contributed by atoms with Gasteiger partial charge in [-0.25, -0.2) is 0 Å². The fourth-order valence-electron chi connectivity index (χ4n) is 6.03. The lowest BCUT2D eigenvalue weighted by molar-refractivity contribution is -0.133. The number of amides is 1. The van der Waals surface area contributed by atoms with Crippen molar-refractivity contribution < 1.29 is 14.3 Å². The highest BCUT2D eigenvalue weighted by molar-refractivity contribution is 5.78. The van der Waals surface area contributed by atoms with Crippen molar-refractivity contribution in [3.63, 3.8) is 0 Å². The van der Waals surface area contributed by atoms with Gasteiger partial charge in [-0.15, -0.1) is 0 Å². The molecule has 0 unspecified atom stereocenters. The van der Waals surface area contributed by atoms with Crippen LogP contribution in [0.15, 0.2) is 12.1 Å². The molecule has 3 aliphatic rings. The van der Waals surface area contributed by atoms with Gasteiger partial charge in [0.05, 0.1) is 19.8 Å². The lowest BCUT2D eigenvalue weighted by atomic mass is 9.87. The summed E-state index contributed by atoms with van der Waals surface area (Å²) in [6.07, 6.45) is 7.37. The molecule has 3 saturated heterocycles. The number of hydrogen-bond acceptors (Lipinski definition) is 9. The molecular weight excluding hydrogens is 496 g/mol. The van der Waals surface area contributed by atoms with Crippen LogP contribution in [0, 0.1) is 6.92 Å². The monoisotopic (exact) mass is 540 g/mol. The number of nitrogens with zero attached hydrogens (tertiary/aromatic N) is 6. The Kier molecular flexibility index (Phi) is 8.86. The molecule has 0 aromatic carbocycles. The second-order valence-electron chi connectivity index (χ2n) is 11.2. The van der Waals surface area contributed by atoms with Crippen LogP contribution in [0.1, 0.15) is 64.5 Å². The van der Waals surface area contributed by atoms with Crippen molar-refractivity contribution in [3.8, 4) is 5.88 Å². The smallest absolute Gasteiger partial charge is 0.236 e. The second-order valence-corrected chi connectivity index (χ2v) is 11.2. The van der Waals surface area contributed by atoms with Crippen molar-refractivity contribution in [3.05, 3.63) is 17.8 Å². The molecule has 1 amide bonds. The molecule has 5 heterocycles. The minimum absolute atomic E-state index is 0.00771. The second kappa shape index (κ2) is 12.5. The van der Waals surface area contributed by atoms with Crippen LogP contribution in [0.3, 0.4) is 0 Å². The Morgan fingerprint density at radius 2 is 1.92 bits per heavy atom. The van der Waals surface area contributed by atoms with E-state index >= 15 is 0 Å². The third kappa shape index (κ3) is 6.63. The molecule has 11 heteroatoms. The summed E-state index contributed by atoms with van der Waals surface area (Å²) in [5.41, 5.74) is 0.967. The van der Waals surface area contributed by atoms with Gasteiger partial charge in [-0.2, -0.15) is 15.1 Å². The summed E-state index contributed by atoms with van der Waals surface area (Å²) in [6, 6.07) is 4.70. The highest BCUT2D eigenvalue weighted by Crippen LogP contribution is 2.33. The fraction of sp³-hybridized carbons (Fsp3) is 0.714. The molecule has 0 aliphatic carbocycles. The average molecular weight is 541 g/mol. The Labute approximate surface area is 231 Å². The van der Waals surface area contributed by atoms with Gasteiger partial charge < -0.3 is 24.6 Å². The number of aryl methyl sites for hydroxylation is 1. The molecule has 0 bridgehead atoms. The number of rotatable bonds is 11. The van der Waals surface area contributed by atoms with Crippen LogP contribution in [0.25, 0.3) is 0 Å². The van der Waals surface area contributed by atoms with Gasteiger partial charge in [0, 0.05) is 56.1 Å². The molecule has 39 heavy (non-hydrogen) atoms. The van der Waals surface area contributed by atoms with Crippen LogP contribution < -0.4 is 15.0 Å². The van der Waals surface area contributed by atoms with Crippen LogP contribution in [-0.4, -0.2) is 100.0 Å². The molecule has 5 rings (SSSR count). The van der Waals surface area contributed by atoms with Gasteiger partial charge in [0.1, 0.15) is 11.9 Å². The van der Waals surface area contributed by atoms with E-state index in [1.165, 1.54) is 0 Å². The normalized spacial score (nSPS) is 24.0. The molecule has 0 radical (unpaired) electrons. The maximum Gasteiger partial charge on any atom is 0.236 e. The maximum absolute atomic E-state index is 13.1. The lowest BCUT2D eigenvalue weighted by Gasteiger charge is -2.47. The number of ether oxygens (including phenoxy) is 2. The number of aromatic nitrogens is 4. The van der Waals surface area contributed by atoms with Crippen LogP contribution in [0.4, 0.5) is 17.6 Å². The van der Waals surface area contributed by atoms with Crippen molar-refractivity contribution >= 4 is 23.5 Å². The molecule has 11 nitrogen and oxygen atoms in total. The number of carbonyl (C=O) groups excluding carboxylic acids is 1. The van der Waals surface area contributed by atoms with Gasteiger partial charge in [-0.3, -0.25) is 14.8 Å². The Morgan fingerprint density at radius 3 is 2.56 bits per heavy atom. The van der Waals surface area contributed by atoms with Gasteiger partial charge >= 0.3 is 0 Å². The summed E-state index contributed by atoms with van der Waals surface area (Å²) in [6.45, 7) is 9.92. The number of H-pyrrole nitrogens is 1. The largest absolute Gasteiger partial charge is 0.469 e. The van der Waals surface area contributed by atoms with E-state index < -0.39 is 0 Å². The zero-order valence-electron chi connectivity index (χ0n) is 23.9. The van der Waals surface area contributed by atoms with Crippen molar-refractivity contribution in [2.75, 3.05) is 50.1 Å². The van der Waals surface area contributed by atoms with Crippen molar-refractivity contribution in [2.24, 2.45) is 0 Å². The molecule has 2 aromatic rings. The summed E-state index contributed by atoms with van der Waals surface area (Å²) in [7, 11) is 2.08. The van der Waals surface area contributed by atoms with Crippen LogP contribution in [0.2, 0.25) is 0 Å². The molecule has 2 N–H and O–H groups in total. The topological polar surface area (TPSA) is 112 Å². The molecule has 0 spiro atoms. The predicted molar refractivity (Wildman–Crippen MR) is 151 cm³/mol. The first kappa shape index (κ1) is 27.6. The first-order chi connectivity index (χ1) is 18.9. The standard InChI is InChI=1S/C28H44N8O3/c1-5-9-21-14-22(13-20(6-2)36(21)16-27(37)35-10-7-8-11-35)34(4)28-30-24(29-25-12-19(3)32-33-25)15-26(31-28)39-23-17-38-18-23/h12,15,20-23H,5-11,13-14,16-18H2,1-4H3,(H2,29,30,31,32,33)/t20-,21+,22-/m1/s1. The summed E-state index contributed by atoms with van der Waals surface area (Å²) in [5.74, 6) is 2.78. The Hall–Kier alpha value is -2.92. The number of aromatic amines is 1. The van der Waals surface area contributed by atoms with Crippen LogP contribution in [-0.2, 0) is 9.53 Å².